The lowest BCUT2D eigenvalue weighted by Gasteiger charge is -2.29. The molecule has 2 unspecified atom stereocenters. The van der Waals surface area contributed by atoms with Crippen LogP contribution in [-0.4, -0.2) is 17.5 Å². The molecule has 3 N–H and O–H groups in total. The fraction of sp³-hybridized carbons (Fsp3) is 0.538. The van der Waals surface area contributed by atoms with Crippen LogP contribution in [0.3, 0.4) is 0 Å². The van der Waals surface area contributed by atoms with Crippen LogP contribution in [0.25, 0.3) is 0 Å². The van der Waals surface area contributed by atoms with Gasteiger partial charge in [0.15, 0.2) is 0 Å². The third-order valence-corrected chi connectivity index (χ3v) is 4.92. The number of thioether (sulfide) groups is 1. The quantitative estimate of drug-likeness (QED) is 0.824. The molecule has 1 aromatic rings. The maximum Gasteiger partial charge on any atom is 0.0576 e. The van der Waals surface area contributed by atoms with E-state index in [1.807, 2.05) is 23.9 Å². The van der Waals surface area contributed by atoms with Gasteiger partial charge in [-0.3, -0.25) is 0 Å². The summed E-state index contributed by atoms with van der Waals surface area (Å²) in [5.41, 5.74) is 7.90. The van der Waals surface area contributed by atoms with Crippen LogP contribution in [-0.2, 0) is 0 Å². The Morgan fingerprint density at radius 1 is 1.41 bits per heavy atom. The van der Waals surface area contributed by atoms with Crippen molar-refractivity contribution in [3.63, 3.8) is 0 Å². The summed E-state index contributed by atoms with van der Waals surface area (Å²) < 4.78 is 1.03. The topological polar surface area (TPSA) is 38.0 Å². The lowest BCUT2D eigenvalue weighted by Crippen LogP contribution is -2.28. The minimum absolute atomic E-state index is 0.574. The Bertz CT molecular complexity index is 384. The molecular formula is C13H19BrN2S. The Labute approximate surface area is 116 Å². The average molecular weight is 315 g/mol. The predicted octanol–water partition coefficient (Wildman–Crippen LogP) is 4.12. The van der Waals surface area contributed by atoms with Gasteiger partial charge in [0.25, 0.3) is 0 Å². The SMILES string of the molecule is CSC1CCCC(Nc2ccc(Br)cc2N)C1. The Morgan fingerprint density at radius 3 is 2.94 bits per heavy atom. The van der Waals surface area contributed by atoms with Crippen LogP contribution < -0.4 is 11.1 Å². The minimum atomic E-state index is 0.574. The van der Waals surface area contributed by atoms with Crippen molar-refractivity contribution in [1.82, 2.24) is 0 Å². The van der Waals surface area contributed by atoms with Crippen molar-refractivity contribution in [2.75, 3.05) is 17.3 Å². The molecule has 1 saturated carbocycles. The molecule has 1 aliphatic carbocycles. The lowest BCUT2D eigenvalue weighted by molar-refractivity contribution is 0.474. The summed E-state index contributed by atoms with van der Waals surface area (Å²) in [5, 5.41) is 4.39. The molecule has 0 bridgehead atoms. The lowest BCUT2D eigenvalue weighted by atomic mass is 9.94. The van der Waals surface area contributed by atoms with Gasteiger partial charge < -0.3 is 11.1 Å². The molecule has 0 radical (unpaired) electrons. The molecular weight excluding hydrogens is 296 g/mol. The van der Waals surface area contributed by atoms with E-state index in [1.54, 1.807) is 0 Å². The molecule has 0 aromatic heterocycles. The van der Waals surface area contributed by atoms with Gasteiger partial charge in [0.1, 0.15) is 0 Å². The first-order chi connectivity index (χ1) is 8.19. The summed E-state index contributed by atoms with van der Waals surface area (Å²) >= 11 is 5.42. The first-order valence-electron chi connectivity index (χ1n) is 6.03. The van der Waals surface area contributed by atoms with E-state index in [-0.39, 0.29) is 0 Å². The highest BCUT2D eigenvalue weighted by molar-refractivity contribution is 9.10. The van der Waals surface area contributed by atoms with E-state index >= 15 is 0 Å². The van der Waals surface area contributed by atoms with Crippen molar-refractivity contribution in [2.24, 2.45) is 0 Å². The van der Waals surface area contributed by atoms with E-state index in [4.69, 9.17) is 5.73 Å². The molecule has 4 heteroatoms. The Kier molecular flexibility index (Phi) is 4.62. The molecule has 0 amide bonds. The van der Waals surface area contributed by atoms with Crippen LogP contribution >= 0.6 is 27.7 Å². The molecule has 1 aromatic carbocycles. The van der Waals surface area contributed by atoms with Crippen LogP contribution in [0.4, 0.5) is 11.4 Å². The summed E-state index contributed by atoms with van der Waals surface area (Å²) in [5.74, 6) is 0. The first-order valence-corrected chi connectivity index (χ1v) is 8.11. The predicted molar refractivity (Wildman–Crippen MR) is 81.7 cm³/mol. The zero-order valence-corrected chi connectivity index (χ0v) is 12.5. The van der Waals surface area contributed by atoms with Gasteiger partial charge in [0, 0.05) is 15.8 Å². The summed E-state index contributed by atoms with van der Waals surface area (Å²) in [7, 11) is 0. The molecule has 2 rings (SSSR count). The van der Waals surface area contributed by atoms with Crippen molar-refractivity contribution in [2.45, 2.75) is 37.0 Å². The highest BCUT2D eigenvalue weighted by Gasteiger charge is 2.21. The van der Waals surface area contributed by atoms with Gasteiger partial charge in [-0.2, -0.15) is 11.8 Å². The second kappa shape index (κ2) is 6.01. The number of nitrogen functional groups attached to an aromatic ring is 1. The van der Waals surface area contributed by atoms with E-state index in [9.17, 15) is 0 Å². The van der Waals surface area contributed by atoms with Crippen molar-refractivity contribution >= 4 is 39.1 Å². The van der Waals surface area contributed by atoms with Gasteiger partial charge in [0.2, 0.25) is 0 Å². The van der Waals surface area contributed by atoms with Crippen molar-refractivity contribution in [3.05, 3.63) is 22.7 Å². The van der Waals surface area contributed by atoms with Crippen LogP contribution in [0.2, 0.25) is 0 Å². The average Bonchev–Trinajstić information content (AvgIpc) is 2.33. The Balaban J connectivity index is 2.00. The zero-order chi connectivity index (χ0) is 12.3. The van der Waals surface area contributed by atoms with Gasteiger partial charge in [-0.25, -0.2) is 0 Å². The van der Waals surface area contributed by atoms with E-state index in [0.717, 1.165) is 21.1 Å². The smallest absolute Gasteiger partial charge is 0.0576 e. The number of nitrogens with two attached hydrogens (primary N) is 1. The standard InChI is InChI=1S/C13H19BrN2S/c1-17-11-4-2-3-10(8-11)16-13-6-5-9(14)7-12(13)15/h5-7,10-11,16H,2-4,8,15H2,1H3. The van der Waals surface area contributed by atoms with Gasteiger partial charge >= 0.3 is 0 Å². The van der Waals surface area contributed by atoms with Crippen LogP contribution in [0, 0.1) is 0 Å². The van der Waals surface area contributed by atoms with Gasteiger partial charge in [-0.05, 0) is 43.7 Å². The van der Waals surface area contributed by atoms with Crippen LogP contribution in [0.1, 0.15) is 25.7 Å². The fourth-order valence-electron chi connectivity index (χ4n) is 2.38. The summed E-state index contributed by atoms with van der Waals surface area (Å²) in [6.07, 6.45) is 7.39. The Morgan fingerprint density at radius 2 is 2.24 bits per heavy atom. The molecule has 1 aliphatic rings. The number of hydrogen-bond donors (Lipinski definition) is 2. The normalized spacial score (nSPS) is 24.6. The van der Waals surface area contributed by atoms with E-state index < -0.39 is 0 Å². The molecule has 2 nitrogen and oxygen atoms in total. The summed E-state index contributed by atoms with van der Waals surface area (Å²) in [6, 6.07) is 6.62. The maximum absolute atomic E-state index is 6.01. The highest BCUT2D eigenvalue weighted by Crippen LogP contribution is 2.31. The molecule has 1 fully saturated rings. The zero-order valence-electron chi connectivity index (χ0n) is 10.1. The number of nitrogens with one attached hydrogen (secondary N) is 1. The maximum atomic E-state index is 6.01. The van der Waals surface area contributed by atoms with Crippen LogP contribution in [0.5, 0.6) is 0 Å². The first kappa shape index (κ1) is 13.1. The molecule has 2 atom stereocenters. The molecule has 94 valence electrons. The number of hydrogen-bond acceptors (Lipinski definition) is 3. The summed E-state index contributed by atoms with van der Waals surface area (Å²) in [6.45, 7) is 0. The van der Waals surface area contributed by atoms with E-state index in [1.165, 1.54) is 25.7 Å². The fourth-order valence-corrected chi connectivity index (χ4v) is 3.58. The minimum Gasteiger partial charge on any atom is -0.397 e. The van der Waals surface area contributed by atoms with Crippen molar-refractivity contribution in [3.8, 4) is 0 Å². The third-order valence-electron chi connectivity index (χ3n) is 3.33. The van der Waals surface area contributed by atoms with E-state index in [0.29, 0.717) is 6.04 Å². The van der Waals surface area contributed by atoms with Gasteiger partial charge in [0.05, 0.1) is 11.4 Å². The molecule has 0 heterocycles. The van der Waals surface area contributed by atoms with Gasteiger partial charge in [-0.1, -0.05) is 22.4 Å². The van der Waals surface area contributed by atoms with Crippen molar-refractivity contribution in [1.29, 1.82) is 0 Å². The number of anilines is 2. The number of rotatable bonds is 3. The third kappa shape index (κ3) is 3.55. The summed E-state index contributed by atoms with van der Waals surface area (Å²) in [4.78, 5) is 0. The molecule has 0 saturated heterocycles. The number of halogens is 1. The highest BCUT2D eigenvalue weighted by atomic mass is 79.9. The molecule has 0 aliphatic heterocycles. The largest absolute Gasteiger partial charge is 0.397 e. The van der Waals surface area contributed by atoms with E-state index in [2.05, 4.69) is 33.6 Å². The monoisotopic (exact) mass is 314 g/mol. The van der Waals surface area contributed by atoms with Crippen molar-refractivity contribution < 1.29 is 0 Å². The Hall–Kier alpha value is -0.350. The van der Waals surface area contributed by atoms with Crippen LogP contribution in [0.15, 0.2) is 22.7 Å². The second-order valence-corrected chi connectivity index (χ2v) is 6.65. The second-order valence-electron chi connectivity index (χ2n) is 4.60. The number of benzene rings is 1. The van der Waals surface area contributed by atoms with Gasteiger partial charge in [-0.15, -0.1) is 0 Å². The molecule has 17 heavy (non-hydrogen) atoms. The molecule has 0 spiro atoms.